The van der Waals surface area contributed by atoms with Gasteiger partial charge in [0.2, 0.25) is 11.8 Å². The van der Waals surface area contributed by atoms with Crippen LogP contribution in [0.15, 0.2) is 42.5 Å². The predicted octanol–water partition coefficient (Wildman–Crippen LogP) is 4.66. The van der Waals surface area contributed by atoms with Crippen LogP contribution >= 0.6 is 11.6 Å². The number of aryl methyl sites for hydroxylation is 1. The largest absolute Gasteiger partial charge is 0.418 e. The lowest BCUT2D eigenvalue weighted by Gasteiger charge is -2.21. The molecule has 0 saturated heterocycles. The quantitative estimate of drug-likeness (QED) is 0.833. The Morgan fingerprint density at radius 2 is 1.73 bits per heavy atom. The number of hydrogen-bond donors (Lipinski definition) is 1. The molecule has 0 atom stereocenters. The summed E-state index contributed by atoms with van der Waals surface area (Å²) >= 11 is 5.61. The molecule has 0 saturated carbocycles. The Kier molecular flexibility index (Phi) is 5.92. The first-order chi connectivity index (χ1) is 12.1. The van der Waals surface area contributed by atoms with Gasteiger partial charge in [-0.1, -0.05) is 29.3 Å². The highest BCUT2D eigenvalue weighted by atomic mass is 35.5. The van der Waals surface area contributed by atoms with Crippen molar-refractivity contribution >= 4 is 34.8 Å². The zero-order chi connectivity index (χ0) is 19.5. The van der Waals surface area contributed by atoms with Crippen LogP contribution in [0.3, 0.4) is 0 Å². The summed E-state index contributed by atoms with van der Waals surface area (Å²) in [5.74, 6) is -1.16. The first kappa shape index (κ1) is 19.8. The second-order valence-electron chi connectivity index (χ2n) is 5.68. The number of amides is 2. The first-order valence-corrected chi connectivity index (χ1v) is 7.97. The molecule has 2 aromatic rings. The first-order valence-electron chi connectivity index (χ1n) is 7.59. The summed E-state index contributed by atoms with van der Waals surface area (Å²) in [4.78, 5) is 25.2. The highest BCUT2D eigenvalue weighted by Crippen LogP contribution is 2.36. The van der Waals surface area contributed by atoms with Gasteiger partial charge in [0.15, 0.2) is 0 Å². The van der Waals surface area contributed by atoms with Crippen LogP contribution in [0.5, 0.6) is 0 Å². The molecule has 0 aromatic heterocycles. The third-order valence-corrected chi connectivity index (χ3v) is 3.82. The molecule has 0 unspecified atom stereocenters. The number of hydrogen-bond acceptors (Lipinski definition) is 2. The minimum atomic E-state index is -4.68. The van der Waals surface area contributed by atoms with Crippen molar-refractivity contribution in [3.63, 3.8) is 0 Å². The van der Waals surface area contributed by atoms with Gasteiger partial charge in [-0.2, -0.15) is 13.2 Å². The number of carbonyl (C=O) groups is 2. The predicted molar refractivity (Wildman–Crippen MR) is 94.3 cm³/mol. The van der Waals surface area contributed by atoms with Crippen LogP contribution in [0.1, 0.15) is 18.1 Å². The van der Waals surface area contributed by atoms with Gasteiger partial charge in [0.25, 0.3) is 0 Å². The number of nitrogens with zero attached hydrogens (tertiary/aromatic N) is 1. The van der Waals surface area contributed by atoms with Gasteiger partial charge in [-0.3, -0.25) is 9.59 Å². The SMILES string of the molecule is CC(=O)N(CC(=O)Nc1ccc(Cl)cc1C(F)(F)F)c1ccc(C)cc1. The number of halogens is 4. The zero-order valence-corrected chi connectivity index (χ0v) is 14.8. The maximum absolute atomic E-state index is 13.1. The minimum absolute atomic E-state index is 0.0969. The van der Waals surface area contributed by atoms with E-state index in [1.807, 2.05) is 6.92 Å². The third-order valence-electron chi connectivity index (χ3n) is 3.59. The van der Waals surface area contributed by atoms with Crippen LogP contribution in [-0.2, 0) is 15.8 Å². The van der Waals surface area contributed by atoms with Gasteiger partial charge in [0.05, 0.1) is 11.3 Å². The lowest BCUT2D eigenvalue weighted by Crippen LogP contribution is -2.37. The number of rotatable bonds is 4. The number of alkyl halides is 3. The molecule has 8 heteroatoms. The van der Waals surface area contributed by atoms with Crippen LogP contribution in [0, 0.1) is 6.92 Å². The smallest absolute Gasteiger partial charge is 0.324 e. The summed E-state index contributed by atoms with van der Waals surface area (Å²) < 4.78 is 39.3. The van der Waals surface area contributed by atoms with E-state index in [4.69, 9.17) is 11.6 Å². The van der Waals surface area contributed by atoms with E-state index >= 15 is 0 Å². The molecule has 0 heterocycles. The Hall–Kier alpha value is -2.54. The fourth-order valence-electron chi connectivity index (χ4n) is 2.30. The van der Waals surface area contributed by atoms with Gasteiger partial charge in [0, 0.05) is 17.6 Å². The molecule has 0 radical (unpaired) electrons. The molecule has 1 N–H and O–H groups in total. The summed E-state index contributed by atoms with van der Waals surface area (Å²) in [6, 6.07) is 9.91. The van der Waals surface area contributed by atoms with Crippen LogP contribution in [0.4, 0.5) is 24.5 Å². The zero-order valence-electron chi connectivity index (χ0n) is 14.0. The van der Waals surface area contributed by atoms with E-state index < -0.39 is 35.8 Å². The molecule has 0 aliphatic carbocycles. The molecular weight excluding hydrogens is 369 g/mol. The maximum atomic E-state index is 13.1. The van der Waals surface area contributed by atoms with Crippen LogP contribution in [-0.4, -0.2) is 18.4 Å². The van der Waals surface area contributed by atoms with Crippen molar-refractivity contribution in [2.75, 3.05) is 16.8 Å². The molecule has 2 rings (SSSR count). The number of anilines is 2. The lowest BCUT2D eigenvalue weighted by molar-refractivity contribution is -0.137. The van der Waals surface area contributed by atoms with Crippen molar-refractivity contribution in [2.24, 2.45) is 0 Å². The van der Waals surface area contributed by atoms with Gasteiger partial charge in [-0.25, -0.2) is 0 Å². The van der Waals surface area contributed by atoms with E-state index in [-0.39, 0.29) is 5.02 Å². The van der Waals surface area contributed by atoms with E-state index in [0.717, 1.165) is 17.7 Å². The van der Waals surface area contributed by atoms with Crippen LogP contribution < -0.4 is 10.2 Å². The van der Waals surface area contributed by atoms with Crippen LogP contribution in [0.25, 0.3) is 0 Å². The Morgan fingerprint density at radius 3 is 2.27 bits per heavy atom. The van der Waals surface area contributed by atoms with E-state index in [0.29, 0.717) is 5.69 Å². The molecule has 0 bridgehead atoms. The Labute approximate surface area is 153 Å². The molecule has 138 valence electrons. The minimum Gasteiger partial charge on any atom is -0.324 e. The van der Waals surface area contributed by atoms with E-state index in [2.05, 4.69) is 5.32 Å². The second kappa shape index (κ2) is 7.78. The average Bonchev–Trinajstić information content (AvgIpc) is 2.54. The number of benzene rings is 2. The molecule has 0 fully saturated rings. The van der Waals surface area contributed by atoms with Crippen molar-refractivity contribution in [1.82, 2.24) is 0 Å². The van der Waals surface area contributed by atoms with Gasteiger partial charge in [0.1, 0.15) is 6.54 Å². The fraction of sp³-hybridized carbons (Fsp3) is 0.222. The van der Waals surface area contributed by atoms with Crippen molar-refractivity contribution in [2.45, 2.75) is 20.0 Å². The second-order valence-corrected chi connectivity index (χ2v) is 6.11. The standard InChI is InChI=1S/C18H16ClF3N2O2/c1-11-3-6-14(7-4-11)24(12(2)25)10-17(26)23-16-8-5-13(19)9-15(16)18(20,21)22/h3-9H,10H2,1-2H3,(H,23,26). The van der Waals surface area contributed by atoms with Gasteiger partial charge < -0.3 is 10.2 Å². The summed E-state index contributed by atoms with van der Waals surface area (Å²) in [7, 11) is 0. The molecule has 0 aliphatic heterocycles. The Morgan fingerprint density at radius 1 is 1.12 bits per heavy atom. The molecule has 2 amide bonds. The topological polar surface area (TPSA) is 49.4 Å². The molecular formula is C18H16ClF3N2O2. The van der Waals surface area contributed by atoms with Gasteiger partial charge >= 0.3 is 6.18 Å². The van der Waals surface area contributed by atoms with Crippen LogP contribution in [0.2, 0.25) is 5.02 Å². The molecule has 26 heavy (non-hydrogen) atoms. The average molecular weight is 385 g/mol. The summed E-state index contributed by atoms with van der Waals surface area (Å²) in [5, 5.41) is 2.10. The Bertz CT molecular complexity index is 820. The van der Waals surface area contributed by atoms with Crippen molar-refractivity contribution in [1.29, 1.82) is 0 Å². The van der Waals surface area contributed by atoms with Gasteiger partial charge in [-0.05, 0) is 37.3 Å². The Balaban J connectivity index is 2.22. The van der Waals surface area contributed by atoms with E-state index in [1.54, 1.807) is 24.3 Å². The summed E-state index contributed by atoms with van der Waals surface area (Å²) in [6.07, 6.45) is -4.68. The lowest BCUT2D eigenvalue weighted by atomic mass is 10.1. The monoisotopic (exact) mass is 384 g/mol. The molecule has 4 nitrogen and oxygen atoms in total. The number of nitrogens with one attached hydrogen (secondary N) is 1. The highest BCUT2D eigenvalue weighted by Gasteiger charge is 2.34. The normalized spacial score (nSPS) is 11.2. The molecule has 0 aliphatic rings. The number of carbonyl (C=O) groups excluding carboxylic acids is 2. The summed E-state index contributed by atoms with van der Waals surface area (Å²) in [5.41, 5.74) is -0.0227. The maximum Gasteiger partial charge on any atom is 0.418 e. The van der Waals surface area contributed by atoms with Crippen molar-refractivity contribution in [3.05, 3.63) is 58.6 Å². The van der Waals surface area contributed by atoms with Gasteiger partial charge in [-0.15, -0.1) is 0 Å². The van der Waals surface area contributed by atoms with E-state index in [1.165, 1.54) is 17.9 Å². The summed E-state index contributed by atoms with van der Waals surface area (Å²) in [6.45, 7) is 2.72. The molecule has 2 aromatic carbocycles. The fourth-order valence-corrected chi connectivity index (χ4v) is 2.47. The van der Waals surface area contributed by atoms with Crippen molar-refractivity contribution < 1.29 is 22.8 Å². The van der Waals surface area contributed by atoms with Crippen molar-refractivity contribution in [3.8, 4) is 0 Å². The third kappa shape index (κ3) is 4.98. The van der Waals surface area contributed by atoms with E-state index in [9.17, 15) is 22.8 Å². The molecule has 0 spiro atoms. The highest BCUT2D eigenvalue weighted by molar-refractivity contribution is 6.30.